The monoisotopic (exact) mass is 2030 g/mol. The SMILES string of the molecule is CCCCCC[PH2+]CCCC.Cc1c(F)c(F)c(F)c(C(F)(F)F)c1-c1c(F)c(F)c(F)c(F)c1F.Fc1c(F)c2c(F)c(F)c3c(F)c(F)[c]([Al-]([c]4c(F)c(F)c5c(F)c(F)c6c(F)c(F)c(F)c7c(F)c(F)c4c5c67)([c]4c(F)c(F)c5c(F)c(F)c6c(F)c(F)c(F)c7c(F)c(F)c4c5c67)[c]4c(F)c(F)c5c(F)c(F)c6c(F)c(F)c(F)c7c(F)c(F)c4c5c67)c4c(F)c(F)c(c1F)c2c34. The van der Waals surface area contributed by atoms with Crippen molar-refractivity contribution in [2.24, 2.45) is 0 Å². The molecule has 0 spiro atoms. The highest BCUT2D eigenvalue weighted by molar-refractivity contribution is 7.37. The van der Waals surface area contributed by atoms with Crippen LogP contribution in [-0.2, 0) is 6.18 Å². The van der Waals surface area contributed by atoms with Gasteiger partial charge in [-0.15, -0.1) is 0 Å². The third-order valence-electron chi connectivity index (χ3n) is 24.1. The molecule has 0 saturated heterocycles. The van der Waals surface area contributed by atoms with Crippen LogP contribution in [0.15, 0.2) is 0 Å². The van der Waals surface area contributed by atoms with Gasteiger partial charge in [-0.3, -0.25) is 0 Å². The third kappa shape index (κ3) is 12.6. The highest BCUT2D eigenvalue weighted by Gasteiger charge is 2.56. The lowest BCUT2D eigenvalue weighted by atomic mass is 9.90. The van der Waals surface area contributed by atoms with Gasteiger partial charge in [-0.05, 0) is 61.9 Å². The van der Waals surface area contributed by atoms with Gasteiger partial charge in [-0.25, -0.2) is 193 Å². The van der Waals surface area contributed by atoms with Crippen LogP contribution in [0.2, 0.25) is 0 Å². The molecule has 0 heterocycles. The van der Waals surface area contributed by atoms with Crippen LogP contribution in [0, 0.1) is 263 Å². The Labute approximate surface area is 728 Å². The van der Waals surface area contributed by atoms with Crippen LogP contribution < -0.4 is 17.7 Å². The average Bonchev–Trinajstić information content (AvgIpc) is 0.644. The second-order valence-electron chi connectivity index (χ2n) is 30.9. The van der Waals surface area contributed by atoms with E-state index in [0.29, 0.717) is 6.92 Å². The topological polar surface area (TPSA) is 0 Å². The number of alkyl halides is 3. The van der Waals surface area contributed by atoms with E-state index in [1.165, 1.54) is 38.5 Å². The summed E-state index contributed by atoms with van der Waals surface area (Å²) in [4.78, 5) is 0. The van der Waals surface area contributed by atoms with Crippen molar-refractivity contribution >= 4 is 169 Å². The first-order chi connectivity index (χ1) is 64.0. The lowest BCUT2D eigenvalue weighted by molar-refractivity contribution is -0.139. The number of hydrogen-bond donors (Lipinski definition) is 0. The maximum absolute atomic E-state index is 19.4. The van der Waals surface area contributed by atoms with Gasteiger partial charge in [0.25, 0.3) is 13.1 Å². The molecule has 716 valence electrons. The van der Waals surface area contributed by atoms with Gasteiger partial charge in [-0.2, -0.15) is 30.9 Å². The molecular weight excluding hydrogens is 2010 g/mol. The molecule has 0 aromatic heterocycles. The number of halogens is 47. The van der Waals surface area contributed by atoms with Crippen molar-refractivity contribution < 1.29 is 206 Å². The normalized spacial score (nSPS) is 12.7. The molecule has 0 bridgehead atoms. The van der Waals surface area contributed by atoms with E-state index in [1.54, 1.807) is 12.3 Å². The van der Waals surface area contributed by atoms with Crippen molar-refractivity contribution in [3.8, 4) is 11.1 Å². The summed E-state index contributed by atoms with van der Waals surface area (Å²) in [5.41, 5.74) is -8.45. The highest BCUT2D eigenvalue weighted by atomic mass is 31.1. The Morgan fingerprint density at radius 2 is 0.336 bits per heavy atom. The van der Waals surface area contributed by atoms with E-state index in [1.807, 2.05) is 0 Å². The van der Waals surface area contributed by atoms with Gasteiger partial charge in [0.15, 0.2) is 227 Å². The minimum Gasteiger partial charge on any atom is -0.208 e. The molecule has 0 aliphatic heterocycles. The molecule has 0 N–H and O–H groups in total. The first-order valence-electron chi connectivity index (χ1n) is 38.3. The molecule has 137 heavy (non-hydrogen) atoms. The van der Waals surface area contributed by atoms with E-state index in [0.717, 1.165) is 8.58 Å². The first kappa shape index (κ1) is 97.9. The van der Waals surface area contributed by atoms with Crippen molar-refractivity contribution in [3.63, 3.8) is 0 Å². The van der Waals surface area contributed by atoms with Crippen LogP contribution in [0.3, 0.4) is 0 Å². The van der Waals surface area contributed by atoms with Gasteiger partial charge < -0.3 is 0 Å². The number of unbranched alkanes of at least 4 members (excludes halogenated alkanes) is 4. The second kappa shape index (κ2) is 33.3. The Hall–Kier alpha value is -12.2. The molecule has 0 radical (unpaired) electrons. The predicted molar refractivity (Wildman–Crippen MR) is 403 cm³/mol. The second-order valence-corrected chi connectivity index (χ2v) is 36.6. The summed E-state index contributed by atoms with van der Waals surface area (Å²) in [5.74, 6) is -150. The van der Waals surface area contributed by atoms with Crippen molar-refractivity contribution in [1.82, 2.24) is 0 Å². The zero-order valence-corrected chi connectivity index (χ0v) is 68.4. The molecule has 1 unspecified atom stereocenters. The number of hydrogen-bond acceptors (Lipinski definition) is 0. The fourth-order valence-corrected chi connectivity index (χ4v) is 26.6. The van der Waals surface area contributed by atoms with Gasteiger partial charge in [-0.1, -0.05) is 33.1 Å². The van der Waals surface area contributed by atoms with Crippen LogP contribution in [0.25, 0.3) is 140 Å². The Kier molecular flexibility index (Phi) is 23.8. The Bertz CT molecular complexity index is 7550. The molecule has 49 heteroatoms. The predicted octanol–water partition coefficient (Wildman–Crippen LogP) is 29.2. The third-order valence-corrected chi connectivity index (χ3v) is 31.3. The van der Waals surface area contributed by atoms with Crippen LogP contribution in [0.1, 0.15) is 63.5 Å². The van der Waals surface area contributed by atoms with Crippen molar-refractivity contribution in [3.05, 3.63) is 267 Å². The van der Waals surface area contributed by atoms with Crippen molar-refractivity contribution in [2.45, 2.75) is 65.5 Å². The van der Waals surface area contributed by atoms with Crippen LogP contribution in [0.5, 0.6) is 0 Å². The maximum atomic E-state index is 19.4. The van der Waals surface area contributed by atoms with Gasteiger partial charge in [0.05, 0.1) is 82.5 Å². The summed E-state index contributed by atoms with van der Waals surface area (Å²) in [7, 11) is 0.811. The molecule has 0 nitrogen and oxygen atoms in total. The fraction of sp³-hybridized carbons (Fsp3) is 0.136. The molecule has 0 fully saturated rings. The Morgan fingerprint density at radius 3 is 0.547 bits per heavy atom. The summed E-state index contributed by atoms with van der Waals surface area (Å²) in [6.07, 6.45) is 5.95. The average molecular weight is 2040 g/mol. The van der Waals surface area contributed by atoms with Gasteiger partial charge in [0.2, 0.25) is 5.82 Å². The van der Waals surface area contributed by atoms with E-state index in [2.05, 4.69) is 13.8 Å². The molecule has 0 saturated carbocycles. The molecule has 18 aromatic rings. The highest BCUT2D eigenvalue weighted by Crippen LogP contribution is 2.55. The van der Waals surface area contributed by atoms with Gasteiger partial charge in [0.1, 0.15) is 28.8 Å². The van der Waals surface area contributed by atoms with Crippen LogP contribution in [0.4, 0.5) is 206 Å². The summed E-state index contributed by atoms with van der Waals surface area (Å²) in [6, 6.07) is 0. The molecule has 0 amide bonds. The number of rotatable bonds is 13. The quantitative estimate of drug-likeness (QED) is 0.0205. The Morgan fingerprint density at radius 1 is 0.168 bits per heavy atom. The van der Waals surface area contributed by atoms with E-state index < -0.39 is 444 Å². The smallest absolute Gasteiger partial charge is 0.208 e. The summed E-state index contributed by atoms with van der Waals surface area (Å²) >= 11 is -10.9. The van der Waals surface area contributed by atoms with E-state index in [4.69, 9.17) is 0 Å². The fourth-order valence-electron chi connectivity index (χ4n) is 18.5. The van der Waals surface area contributed by atoms with E-state index in [-0.39, 0.29) is 0 Å². The van der Waals surface area contributed by atoms with Crippen molar-refractivity contribution in [2.75, 3.05) is 12.3 Å². The largest absolute Gasteiger partial charge is 0.419 e. The Balaban J connectivity index is 0.000000316. The first-order valence-corrected chi connectivity index (χ1v) is 42.2. The van der Waals surface area contributed by atoms with Crippen LogP contribution in [-0.4, -0.2) is 25.4 Å². The molecule has 18 rings (SSSR count). The standard InChI is InChI=1S/4C16F9.C14H3F11.C10H23P.Al/c4*17-3-1-2-4-5-7(11(20)9(2)18)14(23)16(25)15(24)8(5)13(22)12(21)6(4)10(3)19;1-2-3(4-7(16)11(20)13(22)12(21)8(4)17)5(14(23,24)25)9(18)10(19)6(2)15;1-3-5-7-8-10-11-9-6-4-2;/h;;;;1H3;11H,3-10H2,1-2H3;/q;;;;;;-1/p+1. The lowest BCUT2D eigenvalue weighted by Gasteiger charge is -2.45. The number of benzene rings is 18. The summed E-state index contributed by atoms with van der Waals surface area (Å²) in [6.45, 7) is 4.93. The molecule has 0 aliphatic carbocycles. The molecule has 18 aromatic carbocycles. The van der Waals surface area contributed by atoms with E-state index in [9.17, 15) is 48.3 Å². The maximum Gasteiger partial charge on any atom is 0.419 e. The summed E-state index contributed by atoms with van der Waals surface area (Å²) < 4.78 is 752. The van der Waals surface area contributed by atoms with Gasteiger partial charge in [0, 0.05) is 48.7 Å². The van der Waals surface area contributed by atoms with Crippen molar-refractivity contribution in [1.29, 1.82) is 0 Å². The lowest BCUT2D eigenvalue weighted by Crippen LogP contribution is -2.79. The molecule has 1 atom stereocenters. The zero-order chi connectivity index (χ0) is 101. The molecular formula is C88H27AlF47P. The van der Waals surface area contributed by atoms with Crippen LogP contribution >= 0.6 is 8.58 Å². The summed E-state index contributed by atoms with van der Waals surface area (Å²) in [5, 5.41) is -70.8. The minimum absolute atomic E-state index is 0.362. The van der Waals surface area contributed by atoms with E-state index >= 15 is 158 Å². The minimum atomic E-state index is -10.9. The molecule has 0 aliphatic rings. The zero-order valence-electron chi connectivity index (χ0n) is 66.1. The van der Waals surface area contributed by atoms with Gasteiger partial charge >= 0.3 is 6.18 Å².